The Hall–Kier alpha value is -1.85. The first kappa shape index (κ1) is 14.1. The maximum Gasteiger partial charge on any atom is 0.261 e. The van der Waals surface area contributed by atoms with Crippen LogP contribution in [0.15, 0.2) is 53.4 Å². The Balaban J connectivity index is 1.72. The molecule has 1 unspecified atom stereocenters. The predicted octanol–water partition coefficient (Wildman–Crippen LogP) is 2.89. The van der Waals surface area contributed by atoms with Crippen molar-refractivity contribution < 1.29 is 13.2 Å². The van der Waals surface area contributed by atoms with Gasteiger partial charge in [-0.3, -0.25) is 4.79 Å². The Morgan fingerprint density at radius 2 is 1.76 bits per heavy atom. The van der Waals surface area contributed by atoms with Crippen molar-refractivity contribution in [3.05, 3.63) is 59.7 Å². The molecule has 6 heteroatoms. The van der Waals surface area contributed by atoms with E-state index in [0.29, 0.717) is 5.69 Å². The van der Waals surface area contributed by atoms with E-state index in [1.807, 2.05) is 24.3 Å². The number of fused-ring (bicyclic) bond motifs is 1. The normalized spacial score (nSPS) is 16.7. The van der Waals surface area contributed by atoms with Crippen LogP contribution in [0.4, 0.5) is 5.69 Å². The van der Waals surface area contributed by atoms with Gasteiger partial charge in [-0.2, -0.15) is 0 Å². The molecule has 0 fully saturated rings. The number of carbonyl (C=O) groups is 1. The lowest BCUT2D eigenvalue weighted by Gasteiger charge is -2.28. The Kier molecular flexibility index (Phi) is 3.47. The molecule has 1 N–H and O–H groups in total. The quantitative estimate of drug-likeness (QED) is 0.884. The van der Waals surface area contributed by atoms with Crippen LogP contribution in [0.5, 0.6) is 0 Å². The highest BCUT2D eigenvalue weighted by atomic mass is 35.7. The van der Waals surface area contributed by atoms with E-state index in [2.05, 4.69) is 5.32 Å². The summed E-state index contributed by atoms with van der Waals surface area (Å²) in [6, 6.07) is 13.6. The molecular formula is C15H12ClNO3S. The molecule has 0 saturated carbocycles. The van der Waals surface area contributed by atoms with Gasteiger partial charge in [0.15, 0.2) is 0 Å². The van der Waals surface area contributed by atoms with E-state index < -0.39 is 9.05 Å². The fraction of sp³-hybridized carbons (Fsp3) is 0.133. The first-order valence-corrected chi connectivity index (χ1v) is 8.69. The highest BCUT2D eigenvalue weighted by Crippen LogP contribution is 2.35. The van der Waals surface area contributed by atoms with E-state index in [4.69, 9.17) is 10.7 Å². The summed E-state index contributed by atoms with van der Waals surface area (Å²) in [5.41, 5.74) is 2.80. The number of rotatable bonds is 3. The molecule has 3 rings (SSSR count). The van der Waals surface area contributed by atoms with Crippen molar-refractivity contribution in [1.82, 2.24) is 0 Å². The van der Waals surface area contributed by atoms with Crippen LogP contribution in [-0.2, 0) is 20.3 Å². The monoisotopic (exact) mass is 321 g/mol. The molecule has 0 bridgehead atoms. The lowest BCUT2D eigenvalue weighted by atomic mass is 9.77. The molecule has 1 amide bonds. The van der Waals surface area contributed by atoms with Crippen LogP contribution in [0.2, 0.25) is 0 Å². The molecule has 4 nitrogen and oxygen atoms in total. The van der Waals surface area contributed by atoms with Gasteiger partial charge in [-0.25, -0.2) is 8.42 Å². The van der Waals surface area contributed by atoms with Gasteiger partial charge >= 0.3 is 0 Å². The van der Waals surface area contributed by atoms with Gasteiger partial charge in [-0.1, -0.05) is 24.3 Å². The second kappa shape index (κ2) is 5.16. The van der Waals surface area contributed by atoms with E-state index in [1.165, 1.54) is 29.8 Å². The topological polar surface area (TPSA) is 63.2 Å². The molecule has 0 aliphatic heterocycles. The van der Waals surface area contributed by atoms with Crippen molar-refractivity contribution in [2.75, 3.05) is 5.32 Å². The molecule has 0 aromatic heterocycles. The van der Waals surface area contributed by atoms with E-state index >= 15 is 0 Å². The van der Waals surface area contributed by atoms with Gasteiger partial charge < -0.3 is 5.32 Å². The number of amides is 1. The van der Waals surface area contributed by atoms with Crippen LogP contribution >= 0.6 is 10.7 Å². The summed E-state index contributed by atoms with van der Waals surface area (Å²) in [6.07, 6.45) is 0.732. The molecule has 1 atom stereocenters. The summed E-state index contributed by atoms with van der Waals surface area (Å²) in [7, 11) is 1.50. The predicted molar refractivity (Wildman–Crippen MR) is 81.0 cm³/mol. The number of anilines is 1. The molecule has 1 aliphatic carbocycles. The summed E-state index contributed by atoms with van der Waals surface area (Å²) >= 11 is 0. The lowest BCUT2D eigenvalue weighted by Crippen LogP contribution is -2.30. The van der Waals surface area contributed by atoms with E-state index in [1.54, 1.807) is 0 Å². The van der Waals surface area contributed by atoms with Gasteiger partial charge in [0, 0.05) is 16.4 Å². The number of hydrogen-bond acceptors (Lipinski definition) is 3. The average Bonchev–Trinajstić information content (AvgIpc) is 2.40. The fourth-order valence-corrected chi connectivity index (χ4v) is 3.19. The van der Waals surface area contributed by atoms with Gasteiger partial charge in [0.25, 0.3) is 9.05 Å². The summed E-state index contributed by atoms with van der Waals surface area (Å²) < 4.78 is 22.3. The molecule has 21 heavy (non-hydrogen) atoms. The minimum absolute atomic E-state index is 0.0103. The molecule has 2 aromatic carbocycles. The number of carbonyl (C=O) groups excluding carboxylic acids is 1. The van der Waals surface area contributed by atoms with Crippen molar-refractivity contribution in [2.24, 2.45) is 0 Å². The maximum atomic E-state index is 12.2. The zero-order chi connectivity index (χ0) is 15.0. The van der Waals surface area contributed by atoms with E-state index in [9.17, 15) is 13.2 Å². The first-order chi connectivity index (χ1) is 9.95. The lowest BCUT2D eigenvalue weighted by molar-refractivity contribution is -0.118. The smallest absolute Gasteiger partial charge is 0.261 e. The summed E-state index contributed by atoms with van der Waals surface area (Å²) in [6.45, 7) is 0. The Bertz CT molecular complexity index is 800. The molecule has 2 aromatic rings. The third-order valence-electron chi connectivity index (χ3n) is 3.57. The molecule has 108 valence electrons. The van der Waals surface area contributed by atoms with E-state index in [0.717, 1.165) is 12.0 Å². The van der Waals surface area contributed by atoms with Crippen LogP contribution in [-0.4, -0.2) is 14.3 Å². The van der Waals surface area contributed by atoms with E-state index in [-0.39, 0.29) is 16.7 Å². The molecule has 1 aliphatic rings. The number of hydrogen-bond donors (Lipinski definition) is 1. The molecule has 0 spiro atoms. The highest BCUT2D eigenvalue weighted by molar-refractivity contribution is 8.13. The van der Waals surface area contributed by atoms with Crippen LogP contribution in [0.3, 0.4) is 0 Å². The Labute approximate surface area is 127 Å². The molecule has 0 heterocycles. The van der Waals surface area contributed by atoms with Crippen molar-refractivity contribution in [3.8, 4) is 0 Å². The summed E-state index contributed by atoms with van der Waals surface area (Å²) in [5.74, 6) is -0.229. The van der Waals surface area contributed by atoms with Crippen molar-refractivity contribution >= 4 is 31.3 Å². The second-order valence-electron chi connectivity index (χ2n) is 4.91. The van der Waals surface area contributed by atoms with Gasteiger partial charge in [0.2, 0.25) is 5.91 Å². The largest absolute Gasteiger partial charge is 0.326 e. The Morgan fingerprint density at radius 3 is 2.38 bits per heavy atom. The first-order valence-electron chi connectivity index (χ1n) is 6.38. The van der Waals surface area contributed by atoms with Crippen molar-refractivity contribution in [2.45, 2.75) is 17.2 Å². The number of halogens is 1. The molecule has 0 radical (unpaired) electrons. The van der Waals surface area contributed by atoms with Crippen LogP contribution in [0.25, 0.3) is 0 Å². The molecular weight excluding hydrogens is 310 g/mol. The zero-order valence-corrected chi connectivity index (χ0v) is 12.5. The summed E-state index contributed by atoms with van der Waals surface area (Å²) in [4.78, 5) is 12.2. The Morgan fingerprint density at radius 1 is 1.10 bits per heavy atom. The molecule has 0 saturated heterocycles. The number of nitrogens with one attached hydrogen (secondary N) is 1. The third-order valence-corrected chi connectivity index (χ3v) is 4.94. The minimum atomic E-state index is -3.74. The van der Waals surface area contributed by atoms with Gasteiger partial charge in [0.05, 0.1) is 10.8 Å². The van der Waals surface area contributed by atoms with Crippen LogP contribution < -0.4 is 5.32 Å². The maximum absolute atomic E-state index is 12.2. The van der Waals surface area contributed by atoms with Crippen LogP contribution in [0.1, 0.15) is 17.0 Å². The zero-order valence-electron chi connectivity index (χ0n) is 10.9. The van der Waals surface area contributed by atoms with Crippen LogP contribution in [0, 0.1) is 0 Å². The third kappa shape index (κ3) is 2.80. The fourth-order valence-electron chi connectivity index (χ4n) is 2.42. The standard InChI is InChI=1S/C15H12ClNO3S/c16-21(19,20)12-7-5-11(6-8-12)17-15(18)14-9-10-3-1-2-4-13(10)14/h1-8,14H,9H2,(H,17,18). The van der Waals surface area contributed by atoms with Crippen molar-refractivity contribution in [1.29, 1.82) is 0 Å². The second-order valence-corrected chi connectivity index (χ2v) is 7.47. The SMILES string of the molecule is O=C(Nc1ccc(S(=O)(=O)Cl)cc1)C1Cc2ccccc21. The summed E-state index contributed by atoms with van der Waals surface area (Å²) in [5, 5.41) is 2.79. The van der Waals surface area contributed by atoms with Gasteiger partial charge in [-0.05, 0) is 41.8 Å². The van der Waals surface area contributed by atoms with Gasteiger partial charge in [-0.15, -0.1) is 0 Å². The van der Waals surface area contributed by atoms with Gasteiger partial charge in [0.1, 0.15) is 0 Å². The minimum Gasteiger partial charge on any atom is -0.326 e. The highest BCUT2D eigenvalue weighted by Gasteiger charge is 2.31. The number of benzene rings is 2. The average molecular weight is 322 g/mol. The van der Waals surface area contributed by atoms with Crippen molar-refractivity contribution in [3.63, 3.8) is 0 Å².